The zero-order valence-electron chi connectivity index (χ0n) is 15.8. The molecule has 3 aromatic rings. The topological polar surface area (TPSA) is 64.6 Å². The molecule has 0 aromatic heterocycles. The quantitative estimate of drug-likeness (QED) is 0.519. The average Bonchev–Trinajstić information content (AvgIpc) is 2.73. The number of carbonyl (C=O) groups is 2. The Morgan fingerprint density at radius 1 is 1.11 bits per heavy atom. The van der Waals surface area contributed by atoms with E-state index in [1.165, 1.54) is 7.11 Å². The Kier molecular flexibility index (Phi) is 4.74. The summed E-state index contributed by atoms with van der Waals surface area (Å²) in [6, 6.07) is 17.1. The zero-order chi connectivity index (χ0) is 19.7. The van der Waals surface area contributed by atoms with Crippen LogP contribution in [0.4, 0.5) is 5.69 Å². The molecule has 0 radical (unpaired) electrons. The van der Waals surface area contributed by atoms with Gasteiger partial charge in [0.05, 0.1) is 13.2 Å². The van der Waals surface area contributed by atoms with E-state index in [0.29, 0.717) is 17.9 Å². The van der Waals surface area contributed by atoms with Gasteiger partial charge in [-0.3, -0.25) is 9.59 Å². The number of rotatable bonds is 4. The van der Waals surface area contributed by atoms with E-state index < -0.39 is 0 Å². The minimum Gasteiger partial charge on any atom is -0.493 e. The summed E-state index contributed by atoms with van der Waals surface area (Å²) in [7, 11) is 1.53. The number of fused-ring (bicyclic) bond motifs is 3. The van der Waals surface area contributed by atoms with Crippen molar-refractivity contribution in [2.45, 2.75) is 25.8 Å². The second-order valence-corrected chi connectivity index (χ2v) is 6.77. The van der Waals surface area contributed by atoms with Crippen molar-refractivity contribution in [2.24, 2.45) is 0 Å². The van der Waals surface area contributed by atoms with Crippen LogP contribution in [-0.2, 0) is 4.79 Å². The molecule has 1 heterocycles. The van der Waals surface area contributed by atoms with Crippen LogP contribution in [0.15, 0.2) is 54.6 Å². The van der Waals surface area contributed by atoms with Crippen LogP contribution in [0.3, 0.4) is 0 Å². The highest BCUT2D eigenvalue weighted by Crippen LogP contribution is 2.39. The number of hydrogen-bond donors (Lipinski definition) is 1. The molecule has 0 bridgehead atoms. The minimum absolute atomic E-state index is 0.107. The van der Waals surface area contributed by atoms with Gasteiger partial charge in [0.25, 0.3) is 0 Å². The standard InChI is InChI=1S/C23H21NO4/c1-3-22(26)28-20-11-9-15(12-21(20)27-2)18-13-19(25)23-16-7-5-4-6-14(16)8-10-17(23)24-18/h4-12,18,24H,3,13H2,1-2H3/t18-/m0/s1. The molecule has 0 aliphatic carbocycles. The number of Topliss-reactive ketones (excluding diaryl/α,β-unsaturated/α-hetero) is 1. The fourth-order valence-corrected chi connectivity index (χ4v) is 3.60. The van der Waals surface area contributed by atoms with Crippen LogP contribution in [-0.4, -0.2) is 18.9 Å². The number of ketones is 1. The fraction of sp³-hybridized carbons (Fsp3) is 0.217. The summed E-state index contributed by atoms with van der Waals surface area (Å²) in [5.74, 6) is 0.637. The van der Waals surface area contributed by atoms with Gasteiger partial charge in [-0.25, -0.2) is 0 Å². The molecule has 142 valence electrons. The van der Waals surface area contributed by atoms with Gasteiger partial charge < -0.3 is 14.8 Å². The van der Waals surface area contributed by atoms with Crippen LogP contribution in [0.5, 0.6) is 11.5 Å². The highest BCUT2D eigenvalue weighted by molar-refractivity contribution is 6.14. The van der Waals surface area contributed by atoms with E-state index >= 15 is 0 Å². The SMILES string of the molecule is CCC(=O)Oc1ccc([C@@H]2CC(=O)c3c(ccc4ccccc34)N2)cc1OC. The van der Waals surface area contributed by atoms with Crippen LogP contribution in [0.1, 0.15) is 41.7 Å². The van der Waals surface area contributed by atoms with Crippen molar-refractivity contribution in [2.75, 3.05) is 12.4 Å². The molecule has 0 spiro atoms. The molecule has 0 unspecified atom stereocenters. The van der Waals surface area contributed by atoms with Gasteiger partial charge in [0.15, 0.2) is 17.3 Å². The van der Waals surface area contributed by atoms with E-state index in [4.69, 9.17) is 9.47 Å². The maximum atomic E-state index is 12.9. The lowest BCUT2D eigenvalue weighted by Gasteiger charge is -2.28. The Morgan fingerprint density at radius 2 is 1.93 bits per heavy atom. The fourth-order valence-electron chi connectivity index (χ4n) is 3.60. The monoisotopic (exact) mass is 375 g/mol. The summed E-state index contributed by atoms with van der Waals surface area (Å²) in [6.45, 7) is 1.74. The molecule has 1 N–H and O–H groups in total. The summed E-state index contributed by atoms with van der Waals surface area (Å²) in [4.78, 5) is 24.5. The van der Waals surface area contributed by atoms with Gasteiger partial charge in [-0.15, -0.1) is 0 Å². The average molecular weight is 375 g/mol. The molecule has 4 rings (SSSR count). The third-order valence-corrected chi connectivity index (χ3v) is 5.03. The summed E-state index contributed by atoms with van der Waals surface area (Å²) in [6.07, 6.45) is 0.632. The highest BCUT2D eigenvalue weighted by atomic mass is 16.6. The molecule has 5 heteroatoms. The molecule has 5 nitrogen and oxygen atoms in total. The Balaban J connectivity index is 1.67. The maximum Gasteiger partial charge on any atom is 0.311 e. The third kappa shape index (κ3) is 3.20. The van der Waals surface area contributed by atoms with Gasteiger partial charge in [0, 0.05) is 24.1 Å². The number of methoxy groups -OCH3 is 1. The first-order chi connectivity index (χ1) is 13.6. The van der Waals surface area contributed by atoms with Crippen molar-refractivity contribution < 1.29 is 19.1 Å². The number of anilines is 1. The molecular formula is C23H21NO4. The van der Waals surface area contributed by atoms with Crippen molar-refractivity contribution in [1.82, 2.24) is 0 Å². The summed E-state index contributed by atoms with van der Waals surface area (Å²) >= 11 is 0. The number of esters is 1. The highest BCUT2D eigenvalue weighted by Gasteiger charge is 2.28. The molecule has 0 saturated carbocycles. The summed E-state index contributed by atoms with van der Waals surface area (Å²) in [5, 5.41) is 5.50. The summed E-state index contributed by atoms with van der Waals surface area (Å²) < 4.78 is 10.7. The largest absolute Gasteiger partial charge is 0.493 e. The van der Waals surface area contributed by atoms with Gasteiger partial charge in [-0.1, -0.05) is 43.3 Å². The van der Waals surface area contributed by atoms with Crippen LogP contribution in [0.25, 0.3) is 10.8 Å². The van der Waals surface area contributed by atoms with Crippen molar-refractivity contribution in [3.63, 3.8) is 0 Å². The minimum atomic E-state index is -0.321. The van der Waals surface area contributed by atoms with Crippen LogP contribution in [0.2, 0.25) is 0 Å². The van der Waals surface area contributed by atoms with E-state index in [2.05, 4.69) is 5.32 Å². The van der Waals surface area contributed by atoms with Crippen molar-refractivity contribution in [1.29, 1.82) is 0 Å². The molecule has 1 aliphatic heterocycles. The van der Waals surface area contributed by atoms with Crippen LogP contribution >= 0.6 is 0 Å². The predicted octanol–water partition coefficient (Wildman–Crippen LogP) is 4.90. The molecule has 0 saturated heterocycles. The maximum absolute atomic E-state index is 12.9. The van der Waals surface area contributed by atoms with E-state index in [1.54, 1.807) is 13.0 Å². The molecule has 0 amide bonds. The van der Waals surface area contributed by atoms with Gasteiger partial charge in [0.2, 0.25) is 0 Å². The Bertz CT molecular complexity index is 1070. The van der Waals surface area contributed by atoms with E-state index in [-0.39, 0.29) is 24.2 Å². The summed E-state index contributed by atoms with van der Waals surface area (Å²) in [5.41, 5.74) is 2.48. The third-order valence-electron chi connectivity index (χ3n) is 5.03. The van der Waals surface area contributed by atoms with Gasteiger partial charge in [0.1, 0.15) is 0 Å². The smallest absolute Gasteiger partial charge is 0.311 e. The van der Waals surface area contributed by atoms with Crippen molar-refractivity contribution >= 4 is 28.2 Å². The molecule has 3 aromatic carbocycles. The predicted molar refractivity (Wildman–Crippen MR) is 108 cm³/mol. The lowest BCUT2D eigenvalue weighted by atomic mass is 9.89. The second-order valence-electron chi connectivity index (χ2n) is 6.77. The number of nitrogens with one attached hydrogen (secondary N) is 1. The zero-order valence-corrected chi connectivity index (χ0v) is 15.8. The van der Waals surface area contributed by atoms with Crippen molar-refractivity contribution in [3.05, 3.63) is 65.7 Å². The first kappa shape index (κ1) is 18.0. The van der Waals surface area contributed by atoms with Crippen molar-refractivity contribution in [3.8, 4) is 11.5 Å². The Labute approximate surface area is 163 Å². The van der Waals surface area contributed by atoms with E-state index in [1.807, 2.05) is 48.5 Å². The van der Waals surface area contributed by atoms with Crippen LogP contribution in [0, 0.1) is 0 Å². The van der Waals surface area contributed by atoms with E-state index in [9.17, 15) is 9.59 Å². The number of ether oxygens (including phenoxy) is 2. The van der Waals surface area contributed by atoms with Gasteiger partial charge in [-0.2, -0.15) is 0 Å². The van der Waals surface area contributed by atoms with Crippen LogP contribution < -0.4 is 14.8 Å². The second kappa shape index (κ2) is 7.35. The Morgan fingerprint density at radius 3 is 2.71 bits per heavy atom. The molecular weight excluding hydrogens is 354 g/mol. The molecule has 28 heavy (non-hydrogen) atoms. The molecule has 1 aliphatic rings. The lowest BCUT2D eigenvalue weighted by Crippen LogP contribution is -2.23. The molecule has 1 atom stereocenters. The lowest BCUT2D eigenvalue weighted by molar-refractivity contribution is -0.134. The molecule has 0 fully saturated rings. The first-order valence-corrected chi connectivity index (χ1v) is 9.30. The van der Waals surface area contributed by atoms with E-state index in [0.717, 1.165) is 27.6 Å². The van der Waals surface area contributed by atoms with Gasteiger partial charge >= 0.3 is 5.97 Å². The number of carbonyl (C=O) groups excluding carboxylic acids is 2. The van der Waals surface area contributed by atoms with Gasteiger partial charge in [-0.05, 0) is 34.5 Å². The first-order valence-electron chi connectivity index (χ1n) is 9.30. The number of benzene rings is 3. The Hall–Kier alpha value is -3.34. The number of hydrogen-bond acceptors (Lipinski definition) is 5. The normalized spacial score (nSPS) is 15.6.